The van der Waals surface area contributed by atoms with Gasteiger partial charge < -0.3 is 19.8 Å². The Bertz CT molecular complexity index is 448. The van der Waals surface area contributed by atoms with Gasteiger partial charge in [0.2, 0.25) is 0 Å². The molecular formula is C24H42AlO6. The van der Waals surface area contributed by atoms with Crippen LogP contribution in [0.1, 0.15) is 118 Å². The third kappa shape index (κ3) is 25.0. The Morgan fingerprint density at radius 2 is 0.935 bits per heavy atom. The predicted molar refractivity (Wildman–Crippen MR) is 120 cm³/mol. The minimum absolute atomic E-state index is 0. The number of carboxylic acids is 2. The molecule has 0 aromatic heterocycles. The summed E-state index contributed by atoms with van der Waals surface area (Å²) >= 11 is 0. The van der Waals surface area contributed by atoms with E-state index in [0.717, 1.165) is 38.5 Å². The molecule has 0 N–H and O–H groups in total. The third-order valence-corrected chi connectivity index (χ3v) is 5.43. The number of carboxylic acid groups (broad SMARTS) is 2. The number of Topliss-reactive ketones (excluding diaryl/α,β-unsaturated/α-hetero) is 2. The molecule has 0 aromatic rings. The summed E-state index contributed by atoms with van der Waals surface area (Å²) in [5, 5.41) is 20.3. The van der Waals surface area contributed by atoms with E-state index < -0.39 is 24.8 Å². The van der Waals surface area contributed by atoms with Crippen LogP contribution >= 0.6 is 0 Å². The molecule has 0 bridgehead atoms. The topological polar surface area (TPSA) is 114 Å². The number of ketones is 2. The summed E-state index contributed by atoms with van der Waals surface area (Å²) in [6.07, 6.45) is 10.7. The zero-order chi connectivity index (χ0) is 23.4. The summed E-state index contributed by atoms with van der Waals surface area (Å²) < 4.78 is 0. The van der Waals surface area contributed by atoms with Crippen molar-refractivity contribution in [3.63, 3.8) is 0 Å². The second-order valence-electron chi connectivity index (χ2n) is 8.09. The molecule has 0 saturated heterocycles. The molecule has 6 nitrogen and oxygen atoms in total. The number of hydrogen-bond donors (Lipinski definition) is 0. The third-order valence-electron chi connectivity index (χ3n) is 5.43. The van der Waals surface area contributed by atoms with Crippen LogP contribution in [0.15, 0.2) is 0 Å². The van der Waals surface area contributed by atoms with Crippen LogP contribution in [0.3, 0.4) is 0 Å². The molecule has 0 aliphatic carbocycles. The second kappa shape index (κ2) is 23.5. The molecule has 0 rings (SSSR count). The van der Waals surface area contributed by atoms with Crippen molar-refractivity contribution >= 4 is 40.9 Å². The summed E-state index contributed by atoms with van der Waals surface area (Å²) in [5.41, 5.74) is 0. The quantitative estimate of drug-likeness (QED) is 0.233. The summed E-state index contributed by atoms with van der Waals surface area (Å²) in [5.74, 6) is -1.80. The molecular weight excluding hydrogens is 411 g/mol. The normalized spacial score (nSPS) is 12.0. The molecule has 177 valence electrons. The van der Waals surface area contributed by atoms with Crippen LogP contribution in [0.4, 0.5) is 0 Å². The van der Waals surface area contributed by atoms with Gasteiger partial charge >= 0.3 is 17.4 Å². The molecule has 0 aliphatic rings. The van der Waals surface area contributed by atoms with Crippen LogP contribution in [0.2, 0.25) is 0 Å². The van der Waals surface area contributed by atoms with Crippen LogP contribution in [-0.2, 0) is 19.2 Å². The van der Waals surface area contributed by atoms with Crippen molar-refractivity contribution in [3.05, 3.63) is 0 Å². The number of carbonyl (C=O) groups excluding carboxylic acids is 4. The van der Waals surface area contributed by atoms with Gasteiger partial charge in [-0.25, -0.2) is 0 Å². The Kier molecular flexibility index (Phi) is 26.1. The SMILES string of the molecule is CCCCC(CC)CCC(=O)CC(=O)[O-].CCCCC(CC)CCC(=O)CC(=O)[O-].[Al+2]. The van der Waals surface area contributed by atoms with Gasteiger partial charge in [-0.1, -0.05) is 79.1 Å². The first-order valence-corrected chi connectivity index (χ1v) is 11.6. The van der Waals surface area contributed by atoms with Gasteiger partial charge in [0, 0.05) is 37.6 Å². The van der Waals surface area contributed by atoms with Crippen molar-refractivity contribution in [2.45, 2.75) is 118 Å². The molecule has 0 aliphatic heterocycles. The molecule has 7 heteroatoms. The average molecular weight is 454 g/mol. The molecule has 31 heavy (non-hydrogen) atoms. The van der Waals surface area contributed by atoms with Crippen molar-refractivity contribution in [1.82, 2.24) is 0 Å². The number of carbonyl (C=O) groups is 4. The first kappa shape index (κ1) is 34.4. The number of rotatable bonds is 18. The van der Waals surface area contributed by atoms with Crippen molar-refractivity contribution in [2.75, 3.05) is 0 Å². The maximum atomic E-state index is 11.1. The Labute approximate surface area is 199 Å². The Hall–Kier alpha value is -1.19. The van der Waals surface area contributed by atoms with Gasteiger partial charge in [-0.3, -0.25) is 9.59 Å². The van der Waals surface area contributed by atoms with Crippen molar-refractivity contribution in [1.29, 1.82) is 0 Å². The largest absolute Gasteiger partial charge is 2.00 e. The molecule has 0 aromatic carbocycles. The second-order valence-corrected chi connectivity index (χ2v) is 8.09. The Morgan fingerprint density at radius 1 is 0.613 bits per heavy atom. The van der Waals surface area contributed by atoms with E-state index in [9.17, 15) is 29.4 Å². The molecule has 0 spiro atoms. The van der Waals surface area contributed by atoms with Crippen LogP contribution in [-0.4, -0.2) is 40.9 Å². The Morgan fingerprint density at radius 3 is 1.16 bits per heavy atom. The fourth-order valence-electron chi connectivity index (χ4n) is 3.32. The summed E-state index contributed by atoms with van der Waals surface area (Å²) in [7, 11) is 0. The zero-order valence-corrected chi connectivity index (χ0v) is 21.2. The van der Waals surface area contributed by atoms with E-state index in [2.05, 4.69) is 27.7 Å². The standard InChI is InChI=1S/2C12H22O3.Al/c2*1-3-5-6-10(4-2)7-8-11(13)9-12(14)15;/h2*10H,3-9H2,1-2H3,(H,14,15);/q;;+2/p-2. The first-order valence-electron chi connectivity index (χ1n) is 11.6. The maximum Gasteiger partial charge on any atom is 2.00 e. The van der Waals surface area contributed by atoms with Gasteiger partial charge in [0.25, 0.3) is 0 Å². The fraction of sp³-hybridized carbons (Fsp3) is 0.833. The number of unbranched alkanes of at least 4 members (excludes halogenated alkanes) is 2. The maximum absolute atomic E-state index is 11.1. The minimum atomic E-state index is -1.26. The molecule has 2 atom stereocenters. The van der Waals surface area contributed by atoms with E-state index in [-0.39, 0.29) is 28.9 Å². The smallest absolute Gasteiger partial charge is 0.550 e. The van der Waals surface area contributed by atoms with Crippen LogP contribution in [0.5, 0.6) is 0 Å². The molecule has 2 unspecified atom stereocenters. The van der Waals surface area contributed by atoms with Crippen LogP contribution in [0, 0.1) is 11.8 Å². The van der Waals surface area contributed by atoms with Crippen LogP contribution in [0.25, 0.3) is 0 Å². The van der Waals surface area contributed by atoms with E-state index >= 15 is 0 Å². The van der Waals surface area contributed by atoms with Crippen molar-refractivity contribution in [3.8, 4) is 0 Å². The summed E-state index contributed by atoms with van der Waals surface area (Å²) in [4.78, 5) is 42.6. The monoisotopic (exact) mass is 453 g/mol. The van der Waals surface area contributed by atoms with Gasteiger partial charge in [0.05, 0.1) is 0 Å². The predicted octanol–water partition coefficient (Wildman–Crippen LogP) is 3.00. The van der Waals surface area contributed by atoms with Gasteiger partial charge in [0.15, 0.2) is 0 Å². The molecule has 1 radical (unpaired) electrons. The van der Waals surface area contributed by atoms with Gasteiger partial charge in [0.1, 0.15) is 11.6 Å². The summed E-state index contributed by atoms with van der Waals surface area (Å²) in [6, 6.07) is 0. The average Bonchev–Trinajstić information content (AvgIpc) is 2.67. The van der Waals surface area contributed by atoms with Gasteiger partial charge in [-0.2, -0.15) is 0 Å². The van der Waals surface area contributed by atoms with E-state index in [4.69, 9.17) is 0 Å². The van der Waals surface area contributed by atoms with Crippen molar-refractivity contribution in [2.24, 2.45) is 11.8 Å². The van der Waals surface area contributed by atoms with E-state index in [1.54, 1.807) is 0 Å². The van der Waals surface area contributed by atoms with E-state index in [0.29, 0.717) is 24.7 Å². The minimum Gasteiger partial charge on any atom is -0.550 e. The van der Waals surface area contributed by atoms with Crippen LogP contribution < -0.4 is 10.2 Å². The zero-order valence-electron chi connectivity index (χ0n) is 20.1. The first-order chi connectivity index (χ1) is 14.2. The number of hydrogen-bond acceptors (Lipinski definition) is 6. The molecule has 0 heterocycles. The fourth-order valence-corrected chi connectivity index (χ4v) is 3.32. The molecule has 0 amide bonds. The van der Waals surface area contributed by atoms with Gasteiger partial charge in [-0.15, -0.1) is 0 Å². The van der Waals surface area contributed by atoms with E-state index in [1.165, 1.54) is 25.7 Å². The summed E-state index contributed by atoms with van der Waals surface area (Å²) in [6.45, 7) is 8.52. The number of aliphatic carboxylic acids is 2. The van der Waals surface area contributed by atoms with Gasteiger partial charge in [-0.05, 0) is 24.7 Å². The molecule has 0 saturated carbocycles. The van der Waals surface area contributed by atoms with E-state index in [1.807, 2.05) is 0 Å². The molecule has 0 fully saturated rings. The van der Waals surface area contributed by atoms with Crippen molar-refractivity contribution < 1.29 is 29.4 Å². The Balaban J connectivity index is -0.000000490.